The first-order valence-electron chi connectivity index (χ1n) is 5.66. The maximum atomic E-state index is 11.4. The maximum Gasteiger partial charge on any atom is 0.315 e. The summed E-state index contributed by atoms with van der Waals surface area (Å²) in [6, 6.07) is 3.60. The Morgan fingerprint density at radius 1 is 1.53 bits per heavy atom. The molecule has 1 aromatic heterocycles. The fraction of sp³-hybridized carbons (Fsp3) is 0.583. The van der Waals surface area contributed by atoms with Crippen LogP contribution in [0.1, 0.15) is 38.2 Å². The van der Waals surface area contributed by atoms with E-state index in [0.717, 1.165) is 4.88 Å². The minimum absolute atomic E-state index is 0.198. The lowest BCUT2D eigenvalue weighted by Crippen LogP contribution is -2.46. The van der Waals surface area contributed by atoms with Gasteiger partial charge in [0.15, 0.2) is 0 Å². The summed E-state index contributed by atoms with van der Waals surface area (Å²) < 4.78 is 0. The molecule has 1 rings (SSSR count). The quantitative estimate of drug-likeness (QED) is 0.774. The second kappa shape index (κ2) is 6.02. The van der Waals surface area contributed by atoms with Crippen molar-refractivity contribution in [1.29, 1.82) is 0 Å². The Bertz CT molecular complexity index is 344. The van der Waals surface area contributed by atoms with Crippen molar-refractivity contribution in [3.63, 3.8) is 0 Å². The van der Waals surface area contributed by atoms with Gasteiger partial charge in [-0.15, -0.1) is 11.3 Å². The lowest BCUT2D eigenvalue weighted by atomic mass is 10.1. The summed E-state index contributed by atoms with van der Waals surface area (Å²) in [5.41, 5.74) is -0.240. The number of carbonyl (C=O) groups is 1. The van der Waals surface area contributed by atoms with E-state index in [2.05, 4.69) is 10.6 Å². The van der Waals surface area contributed by atoms with Gasteiger partial charge >= 0.3 is 6.03 Å². The highest BCUT2D eigenvalue weighted by atomic mass is 32.1. The van der Waals surface area contributed by atoms with E-state index < -0.39 is 6.10 Å². The molecule has 2 amide bonds. The van der Waals surface area contributed by atoms with Gasteiger partial charge in [-0.1, -0.05) is 6.07 Å². The fourth-order valence-corrected chi connectivity index (χ4v) is 2.08. The number of hydrogen-bond acceptors (Lipinski definition) is 3. The van der Waals surface area contributed by atoms with E-state index >= 15 is 0 Å². The minimum atomic E-state index is -0.495. The average molecular weight is 256 g/mol. The number of nitrogens with one attached hydrogen (secondary N) is 2. The second-order valence-corrected chi connectivity index (χ2v) is 5.93. The molecular formula is C12H20N2O2S. The maximum absolute atomic E-state index is 11.4. The number of rotatable bonds is 4. The molecule has 96 valence electrons. The zero-order valence-electron chi connectivity index (χ0n) is 10.5. The second-order valence-electron chi connectivity index (χ2n) is 4.95. The first-order chi connectivity index (χ1) is 7.88. The molecule has 0 radical (unpaired) electrons. The van der Waals surface area contributed by atoms with Crippen LogP contribution in [0, 0.1) is 0 Å². The Hall–Kier alpha value is -1.07. The lowest BCUT2D eigenvalue weighted by Gasteiger charge is -2.21. The molecule has 17 heavy (non-hydrogen) atoms. The van der Waals surface area contributed by atoms with Gasteiger partial charge < -0.3 is 15.7 Å². The molecule has 0 aliphatic rings. The van der Waals surface area contributed by atoms with Crippen LogP contribution in [0.4, 0.5) is 4.79 Å². The minimum Gasteiger partial charge on any atom is -0.388 e. The number of thiophene rings is 1. The first-order valence-corrected chi connectivity index (χ1v) is 6.54. The predicted octanol–water partition coefficient (Wildman–Crippen LogP) is 2.27. The molecule has 1 atom stereocenters. The summed E-state index contributed by atoms with van der Waals surface area (Å²) in [6.45, 7) is 6.23. The van der Waals surface area contributed by atoms with Crippen LogP contribution < -0.4 is 10.6 Å². The Balaban J connectivity index is 2.22. The normalized spacial score (nSPS) is 13.2. The first kappa shape index (κ1) is 14.0. The molecule has 3 N–H and O–H groups in total. The van der Waals surface area contributed by atoms with Gasteiger partial charge in [0, 0.05) is 17.0 Å². The van der Waals surface area contributed by atoms with Crippen LogP contribution in [0.2, 0.25) is 0 Å². The van der Waals surface area contributed by atoms with Gasteiger partial charge in [-0.2, -0.15) is 0 Å². The fourth-order valence-electron chi connectivity index (χ4n) is 1.33. The van der Waals surface area contributed by atoms with E-state index in [0.29, 0.717) is 13.0 Å². The van der Waals surface area contributed by atoms with Crippen molar-refractivity contribution >= 4 is 17.4 Å². The third-order valence-electron chi connectivity index (χ3n) is 2.06. The van der Waals surface area contributed by atoms with Crippen molar-refractivity contribution in [2.24, 2.45) is 0 Å². The van der Waals surface area contributed by atoms with E-state index in [1.54, 1.807) is 0 Å². The van der Waals surface area contributed by atoms with Gasteiger partial charge in [0.05, 0.1) is 6.10 Å². The molecule has 0 saturated heterocycles. The zero-order chi connectivity index (χ0) is 12.9. The number of urea groups is 1. The van der Waals surface area contributed by atoms with Crippen LogP contribution in [-0.4, -0.2) is 23.2 Å². The van der Waals surface area contributed by atoms with Crippen molar-refractivity contribution in [3.05, 3.63) is 22.4 Å². The van der Waals surface area contributed by atoms with Gasteiger partial charge in [-0.25, -0.2) is 4.79 Å². The highest BCUT2D eigenvalue weighted by Gasteiger charge is 2.14. The monoisotopic (exact) mass is 256 g/mol. The summed E-state index contributed by atoms with van der Waals surface area (Å²) in [4.78, 5) is 12.4. The third-order valence-corrected chi connectivity index (χ3v) is 3.04. The van der Waals surface area contributed by atoms with E-state index in [1.165, 1.54) is 11.3 Å². The Morgan fingerprint density at radius 2 is 2.24 bits per heavy atom. The summed E-state index contributed by atoms with van der Waals surface area (Å²) in [5.74, 6) is 0. The summed E-state index contributed by atoms with van der Waals surface area (Å²) in [5, 5.41) is 17.2. The Kier molecular flexibility index (Phi) is 4.96. The van der Waals surface area contributed by atoms with Gasteiger partial charge in [0.2, 0.25) is 0 Å². The highest BCUT2D eigenvalue weighted by Crippen LogP contribution is 2.20. The van der Waals surface area contributed by atoms with Crippen LogP contribution in [0.5, 0.6) is 0 Å². The van der Waals surface area contributed by atoms with Crippen molar-refractivity contribution in [2.45, 2.75) is 38.8 Å². The number of aliphatic hydroxyl groups is 1. The lowest BCUT2D eigenvalue weighted by molar-refractivity contribution is 0.170. The Labute approximate surface area is 106 Å². The summed E-state index contributed by atoms with van der Waals surface area (Å²) in [6.07, 6.45) is 0.0304. The topological polar surface area (TPSA) is 61.4 Å². The number of hydrogen-bond donors (Lipinski definition) is 3. The molecule has 0 aliphatic carbocycles. The van der Waals surface area contributed by atoms with Gasteiger partial charge in [0.25, 0.3) is 0 Å². The van der Waals surface area contributed by atoms with Gasteiger partial charge in [-0.05, 0) is 38.6 Å². The molecule has 1 aromatic rings. The molecule has 0 fully saturated rings. The smallest absolute Gasteiger partial charge is 0.315 e. The predicted molar refractivity (Wildman–Crippen MR) is 70.2 cm³/mol. The molecule has 0 bridgehead atoms. The van der Waals surface area contributed by atoms with E-state index in [-0.39, 0.29) is 11.6 Å². The molecule has 0 spiro atoms. The molecule has 0 aromatic carbocycles. The summed E-state index contributed by atoms with van der Waals surface area (Å²) >= 11 is 1.52. The van der Waals surface area contributed by atoms with Crippen molar-refractivity contribution in [2.75, 3.05) is 6.54 Å². The Morgan fingerprint density at radius 3 is 2.76 bits per heavy atom. The van der Waals surface area contributed by atoms with Crippen LogP contribution in [0.15, 0.2) is 17.5 Å². The largest absolute Gasteiger partial charge is 0.388 e. The van der Waals surface area contributed by atoms with Gasteiger partial charge in [-0.3, -0.25) is 0 Å². The van der Waals surface area contributed by atoms with Crippen LogP contribution in [0.3, 0.4) is 0 Å². The third kappa shape index (κ3) is 5.70. The van der Waals surface area contributed by atoms with Crippen molar-refractivity contribution in [1.82, 2.24) is 10.6 Å². The molecule has 1 heterocycles. The SMILES string of the molecule is CC(C)(C)NC(=O)NCCC(O)c1cccs1. The number of amides is 2. The molecule has 4 nitrogen and oxygen atoms in total. The average Bonchev–Trinajstić information content (AvgIpc) is 2.66. The molecule has 5 heteroatoms. The van der Waals surface area contributed by atoms with Crippen molar-refractivity contribution < 1.29 is 9.90 Å². The van der Waals surface area contributed by atoms with Crippen molar-refractivity contribution in [3.8, 4) is 0 Å². The van der Waals surface area contributed by atoms with E-state index in [9.17, 15) is 9.90 Å². The van der Waals surface area contributed by atoms with Gasteiger partial charge in [0.1, 0.15) is 0 Å². The highest BCUT2D eigenvalue weighted by molar-refractivity contribution is 7.10. The number of carbonyl (C=O) groups excluding carboxylic acids is 1. The van der Waals surface area contributed by atoms with Crippen LogP contribution >= 0.6 is 11.3 Å². The summed E-state index contributed by atoms with van der Waals surface area (Å²) in [7, 11) is 0. The zero-order valence-corrected chi connectivity index (χ0v) is 11.3. The number of aliphatic hydroxyl groups excluding tert-OH is 1. The van der Waals surface area contributed by atoms with Crippen LogP contribution in [0.25, 0.3) is 0 Å². The van der Waals surface area contributed by atoms with E-state index in [1.807, 2.05) is 38.3 Å². The van der Waals surface area contributed by atoms with Crippen LogP contribution in [-0.2, 0) is 0 Å². The molecule has 0 saturated carbocycles. The molecule has 1 unspecified atom stereocenters. The molecular weight excluding hydrogens is 236 g/mol. The molecule has 0 aliphatic heterocycles. The van der Waals surface area contributed by atoms with E-state index in [4.69, 9.17) is 0 Å². The standard InChI is InChI=1S/C12H20N2O2S/c1-12(2,3)14-11(16)13-7-6-9(15)10-5-4-8-17-10/h4-5,8-9,15H,6-7H2,1-3H3,(H2,13,14,16).